The van der Waals surface area contributed by atoms with Gasteiger partial charge in [-0.1, -0.05) is 0 Å². The molecule has 1 aliphatic heterocycles. The summed E-state index contributed by atoms with van der Waals surface area (Å²) in [5, 5.41) is 0. The summed E-state index contributed by atoms with van der Waals surface area (Å²) < 4.78 is 53.3. The van der Waals surface area contributed by atoms with Crippen LogP contribution in [0.5, 0.6) is 0 Å². The third kappa shape index (κ3) is 3.08. The van der Waals surface area contributed by atoms with Crippen molar-refractivity contribution in [2.24, 2.45) is 0 Å². The predicted octanol–water partition coefficient (Wildman–Crippen LogP) is 2.80. The van der Waals surface area contributed by atoms with E-state index >= 15 is 0 Å². The fourth-order valence-electron chi connectivity index (χ4n) is 3.25. The van der Waals surface area contributed by atoms with E-state index in [2.05, 4.69) is 15.0 Å². The number of nitrogens with one attached hydrogen (secondary N) is 1. The molecule has 1 N–H and O–H groups in total. The van der Waals surface area contributed by atoms with Gasteiger partial charge in [0.25, 0.3) is 0 Å². The van der Waals surface area contributed by atoms with Gasteiger partial charge in [0.2, 0.25) is 10.0 Å². The highest BCUT2D eigenvalue weighted by Gasteiger charge is 2.31. The van der Waals surface area contributed by atoms with Crippen LogP contribution < -0.4 is 0 Å². The number of imidazole rings is 1. The maximum Gasteiger partial charge on any atom is 0.243 e. The van der Waals surface area contributed by atoms with Gasteiger partial charge in [0.15, 0.2) is 5.65 Å². The van der Waals surface area contributed by atoms with E-state index in [9.17, 15) is 17.2 Å². The normalized spacial score (nSPS) is 17.0. The SMILES string of the molecule is O=S(=O)(c1cc(F)cc(F)c1)N1CCC(c2nc3ncccc3[nH]2)CC1. The van der Waals surface area contributed by atoms with Gasteiger partial charge in [-0.3, -0.25) is 0 Å². The van der Waals surface area contributed by atoms with Crippen LogP contribution in [0.1, 0.15) is 24.6 Å². The van der Waals surface area contributed by atoms with Gasteiger partial charge in [0.05, 0.1) is 10.4 Å². The van der Waals surface area contributed by atoms with Gasteiger partial charge >= 0.3 is 0 Å². The average Bonchev–Trinajstić information content (AvgIpc) is 3.05. The van der Waals surface area contributed by atoms with E-state index in [1.807, 2.05) is 12.1 Å². The summed E-state index contributed by atoms with van der Waals surface area (Å²) in [5.74, 6) is -0.950. The molecule has 4 rings (SSSR count). The lowest BCUT2D eigenvalue weighted by molar-refractivity contribution is 0.314. The quantitative estimate of drug-likeness (QED) is 0.760. The summed E-state index contributed by atoms with van der Waals surface area (Å²) in [6.45, 7) is 0.519. The molecular formula is C17H16F2N4O2S. The Kier molecular flexibility index (Phi) is 4.20. The molecule has 6 nitrogen and oxygen atoms in total. The van der Waals surface area contributed by atoms with Gasteiger partial charge in [-0.15, -0.1) is 0 Å². The fraction of sp³-hybridized carbons (Fsp3) is 0.294. The summed E-state index contributed by atoms with van der Waals surface area (Å²) in [6, 6.07) is 6.04. The molecule has 0 saturated carbocycles. The largest absolute Gasteiger partial charge is 0.340 e. The van der Waals surface area contributed by atoms with E-state index in [0.717, 1.165) is 23.5 Å². The van der Waals surface area contributed by atoms with Crippen molar-refractivity contribution in [3.05, 3.63) is 54.0 Å². The summed E-state index contributed by atoms with van der Waals surface area (Å²) >= 11 is 0. The minimum atomic E-state index is -3.93. The second kappa shape index (κ2) is 6.40. The number of sulfonamides is 1. The first-order chi connectivity index (χ1) is 12.4. The van der Waals surface area contributed by atoms with E-state index in [1.165, 1.54) is 4.31 Å². The number of benzene rings is 1. The minimum absolute atomic E-state index is 0.0832. The van der Waals surface area contributed by atoms with E-state index in [1.54, 1.807) is 6.20 Å². The van der Waals surface area contributed by atoms with E-state index in [-0.39, 0.29) is 23.9 Å². The molecule has 2 aromatic heterocycles. The monoisotopic (exact) mass is 378 g/mol. The van der Waals surface area contributed by atoms with Crippen LogP contribution in [0.4, 0.5) is 8.78 Å². The molecule has 136 valence electrons. The fourth-order valence-corrected chi connectivity index (χ4v) is 4.77. The second-order valence-corrected chi connectivity index (χ2v) is 8.22. The van der Waals surface area contributed by atoms with Crippen molar-refractivity contribution >= 4 is 21.2 Å². The summed E-state index contributed by atoms with van der Waals surface area (Å²) in [5.41, 5.74) is 1.47. The van der Waals surface area contributed by atoms with Gasteiger partial charge < -0.3 is 4.98 Å². The summed E-state index contributed by atoms with van der Waals surface area (Å²) in [6.07, 6.45) is 2.80. The molecule has 0 spiro atoms. The first-order valence-corrected chi connectivity index (χ1v) is 9.64. The van der Waals surface area contributed by atoms with Crippen molar-refractivity contribution in [1.82, 2.24) is 19.3 Å². The lowest BCUT2D eigenvalue weighted by atomic mass is 9.97. The zero-order valence-electron chi connectivity index (χ0n) is 13.7. The van der Waals surface area contributed by atoms with E-state index in [4.69, 9.17) is 0 Å². The molecule has 3 aromatic rings. The topological polar surface area (TPSA) is 79.0 Å². The lowest BCUT2D eigenvalue weighted by Crippen LogP contribution is -2.38. The number of nitrogens with zero attached hydrogens (tertiary/aromatic N) is 3. The smallest absolute Gasteiger partial charge is 0.243 e. The first kappa shape index (κ1) is 17.0. The van der Waals surface area contributed by atoms with Gasteiger partial charge in [-0.25, -0.2) is 27.2 Å². The number of H-pyrrole nitrogens is 1. The van der Waals surface area contributed by atoms with Crippen LogP contribution in [0.2, 0.25) is 0 Å². The highest BCUT2D eigenvalue weighted by atomic mass is 32.2. The Hall–Kier alpha value is -2.39. The summed E-state index contributed by atoms with van der Waals surface area (Å²) in [4.78, 5) is 11.5. The van der Waals surface area contributed by atoms with Crippen molar-refractivity contribution in [1.29, 1.82) is 0 Å². The Balaban J connectivity index is 1.52. The molecular weight excluding hydrogens is 362 g/mol. The van der Waals surface area contributed by atoms with Crippen molar-refractivity contribution in [2.45, 2.75) is 23.7 Å². The zero-order chi connectivity index (χ0) is 18.3. The number of pyridine rings is 1. The lowest BCUT2D eigenvalue weighted by Gasteiger charge is -2.30. The number of hydrogen-bond acceptors (Lipinski definition) is 4. The molecule has 1 aliphatic rings. The number of fused-ring (bicyclic) bond motifs is 1. The van der Waals surface area contributed by atoms with E-state index in [0.29, 0.717) is 24.6 Å². The van der Waals surface area contributed by atoms with Gasteiger partial charge in [-0.2, -0.15) is 4.31 Å². The van der Waals surface area contributed by atoms with Crippen molar-refractivity contribution in [3.8, 4) is 0 Å². The average molecular weight is 378 g/mol. The second-order valence-electron chi connectivity index (χ2n) is 6.28. The molecule has 26 heavy (non-hydrogen) atoms. The third-order valence-corrected chi connectivity index (χ3v) is 6.47. The van der Waals surface area contributed by atoms with Crippen LogP contribution >= 0.6 is 0 Å². The Morgan fingerprint density at radius 2 is 1.81 bits per heavy atom. The van der Waals surface area contributed by atoms with Crippen molar-refractivity contribution in [3.63, 3.8) is 0 Å². The summed E-state index contributed by atoms with van der Waals surface area (Å²) in [7, 11) is -3.93. The number of rotatable bonds is 3. The Morgan fingerprint density at radius 3 is 2.46 bits per heavy atom. The molecule has 1 aromatic carbocycles. The molecule has 3 heterocycles. The minimum Gasteiger partial charge on any atom is -0.340 e. The Bertz CT molecular complexity index is 1010. The molecule has 0 atom stereocenters. The van der Waals surface area contributed by atoms with Gasteiger partial charge in [0, 0.05) is 31.3 Å². The van der Waals surface area contributed by atoms with Crippen LogP contribution in [-0.4, -0.2) is 40.8 Å². The van der Waals surface area contributed by atoms with Crippen LogP contribution in [0, 0.1) is 11.6 Å². The maximum atomic E-state index is 13.4. The van der Waals surface area contributed by atoms with Crippen molar-refractivity contribution in [2.75, 3.05) is 13.1 Å². The van der Waals surface area contributed by atoms with Gasteiger partial charge in [-0.05, 0) is 37.1 Å². The van der Waals surface area contributed by atoms with Crippen LogP contribution in [0.15, 0.2) is 41.4 Å². The predicted molar refractivity (Wildman–Crippen MR) is 91.0 cm³/mol. The molecule has 9 heteroatoms. The molecule has 0 bridgehead atoms. The number of aromatic nitrogens is 3. The maximum absolute atomic E-state index is 13.4. The molecule has 1 saturated heterocycles. The Morgan fingerprint density at radius 1 is 1.12 bits per heavy atom. The third-order valence-electron chi connectivity index (χ3n) is 4.59. The molecule has 0 radical (unpaired) electrons. The number of halogens is 2. The van der Waals surface area contributed by atoms with Gasteiger partial charge in [0.1, 0.15) is 17.5 Å². The Labute approximate surface area is 148 Å². The first-order valence-electron chi connectivity index (χ1n) is 8.20. The van der Waals surface area contributed by atoms with Crippen LogP contribution in [-0.2, 0) is 10.0 Å². The molecule has 0 amide bonds. The highest BCUT2D eigenvalue weighted by molar-refractivity contribution is 7.89. The molecule has 0 unspecified atom stereocenters. The van der Waals surface area contributed by atoms with E-state index < -0.39 is 21.7 Å². The number of piperidine rings is 1. The van der Waals surface area contributed by atoms with Crippen LogP contribution in [0.25, 0.3) is 11.2 Å². The number of hydrogen-bond donors (Lipinski definition) is 1. The zero-order valence-corrected chi connectivity index (χ0v) is 14.5. The van der Waals surface area contributed by atoms with Crippen LogP contribution in [0.3, 0.4) is 0 Å². The highest BCUT2D eigenvalue weighted by Crippen LogP contribution is 2.30. The van der Waals surface area contributed by atoms with Crippen molar-refractivity contribution < 1.29 is 17.2 Å². The standard InChI is InChI=1S/C17H16F2N4O2S/c18-12-8-13(19)10-14(9-12)26(24,25)23-6-3-11(4-7-23)16-21-15-2-1-5-20-17(15)22-16/h1-2,5,8-11H,3-4,6-7H2,(H,20,21,22). The molecule has 0 aliphatic carbocycles. The number of aromatic amines is 1. The molecule has 1 fully saturated rings.